The van der Waals surface area contributed by atoms with Crippen molar-refractivity contribution in [2.45, 2.75) is 45.1 Å². The summed E-state index contributed by atoms with van der Waals surface area (Å²) in [6.45, 7) is 4.25. The van der Waals surface area contributed by atoms with Gasteiger partial charge in [-0.15, -0.1) is 0 Å². The first-order valence-electron chi connectivity index (χ1n) is 4.92. The Labute approximate surface area is 74.6 Å². The van der Waals surface area contributed by atoms with Crippen molar-refractivity contribution >= 4 is 0 Å². The molecule has 0 radical (unpaired) electrons. The SMILES string of the molecule is CC1CCC(O)(C(C)CO)CC1. The first-order chi connectivity index (χ1) is 5.58. The third-order valence-electron chi connectivity index (χ3n) is 3.33. The van der Waals surface area contributed by atoms with Crippen molar-refractivity contribution in [3.05, 3.63) is 0 Å². The molecule has 2 N–H and O–H groups in total. The maximum absolute atomic E-state index is 10.1. The molecule has 2 nitrogen and oxygen atoms in total. The fraction of sp³-hybridized carbons (Fsp3) is 1.00. The van der Waals surface area contributed by atoms with E-state index < -0.39 is 5.60 Å². The van der Waals surface area contributed by atoms with E-state index in [9.17, 15) is 5.11 Å². The van der Waals surface area contributed by atoms with Crippen molar-refractivity contribution in [2.75, 3.05) is 6.61 Å². The summed E-state index contributed by atoms with van der Waals surface area (Å²) < 4.78 is 0. The van der Waals surface area contributed by atoms with Crippen LogP contribution in [0.15, 0.2) is 0 Å². The summed E-state index contributed by atoms with van der Waals surface area (Å²) in [5.41, 5.74) is -0.582. The maximum Gasteiger partial charge on any atom is 0.0695 e. The second-order valence-corrected chi connectivity index (χ2v) is 4.37. The highest BCUT2D eigenvalue weighted by Crippen LogP contribution is 2.36. The molecule has 0 saturated heterocycles. The summed E-state index contributed by atoms with van der Waals surface area (Å²) in [5.74, 6) is 0.779. The average molecular weight is 172 g/mol. The van der Waals surface area contributed by atoms with Gasteiger partial charge in [0.05, 0.1) is 5.60 Å². The highest BCUT2D eigenvalue weighted by Gasteiger charge is 2.36. The van der Waals surface area contributed by atoms with Crippen LogP contribution in [0.5, 0.6) is 0 Å². The van der Waals surface area contributed by atoms with Gasteiger partial charge in [0.25, 0.3) is 0 Å². The third kappa shape index (κ3) is 1.99. The van der Waals surface area contributed by atoms with Crippen LogP contribution in [0.4, 0.5) is 0 Å². The van der Waals surface area contributed by atoms with Crippen molar-refractivity contribution in [1.29, 1.82) is 0 Å². The van der Waals surface area contributed by atoms with Crippen LogP contribution in [-0.4, -0.2) is 22.4 Å². The Morgan fingerprint density at radius 2 is 1.92 bits per heavy atom. The molecule has 0 aliphatic heterocycles. The minimum Gasteiger partial charge on any atom is -0.396 e. The summed E-state index contributed by atoms with van der Waals surface area (Å²) in [7, 11) is 0. The van der Waals surface area contributed by atoms with E-state index in [1.807, 2.05) is 6.92 Å². The van der Waals surface area contributed by atoms with Gasteiger partial charge in [0.2, 0.25) is 0 Å². The van der Waals surface area contributed by atoms with E-state index in [0.717, 1.165) is 31.6 Å². The van der Waals surface area contributed by atoms with Crippen LogP contribution in [0.25, 0.3) is 0 Å². The molecule has 1 aliphatic rings. The van der Waals surface area contributed by atoms with Crippen molar-refractivity contribution in [1.82, 2.24) is 0 Å². The van der Waals surface area contributed by atoms with Crippen molar-refractivity contribution in [3.8, 4) is 0 Å². The fourth-order valence-electron chi connectivity index (χ4n) is 1.92. The minimum absolute atomic E-state index is 0.0324. The van der Waals surface area contributed by atoms with Gasteiger partial charge in [-0.25, -0.2) is 0 Å². The van der Waals surface area contributed by atoms with Crippen LogP contribution in [0, 0.1) is 11.8 Å². The van der Waals surface area contributed by atoms with Crippen molar-refractivity contribution in [2.24, 2.45) is 11.8 Å². The van der Waals surface area contributed by atoms with Crippen LogP contribution in [0.2, 0.25) is 0 Å². The van der Waals surface area contributed by atoms with Crippen molar-refractivity contribution in [3.63, 3.8) is 0 Å². The summed E-state index contributed by atoms with van der Waals surface area (Å²) in [4.78, 5) is 0. The van der Waals surface area contributed by atoms with E-state index in [2.05, 4.69) is 6.92 Å². The molecule has 72 valence electrons. The topological polar surface area (TPSA) is 40.5 Å². The van der Waals surface area contributed by atoms with Crippen molar-refractivity contribution < 1.29 is 10.2 Å². The molecule has 1 unspecified atom stereocenters. The van der Waals surface area contributed by atoms with Crippen LogP contribution in [0.1, 0.15) is 39.5 Å². The molecule has 1 fully saturated rings. The zero-order chi connectivity index (χ0) is 9.19. The number of hydrogen-bond donors (Lipinski definition) is 2. The number of hydrogen-bond acceptors (Lipinski definition) is 2. The summed E-state index contributed by atoms with van der Waals surface area (Å²) >= 11 is 0. The standard InChI is InChI=1S/C10H20O2/c1-8-3-5-10(12,6-4-8)9(2)7-11/h8-9,11-12H,3-7H2,1-2H3. The lowest BCUT2D eigenvalue weighted by Crippen LogP contribution is -2.41. The molecule has 0 aromatic rings. The Balaban J connectivity index is 2.49. The predicted molar refractivity (Wildman–Crippen MR) is 48.8 cm³/mol. The fourth-order valence-corrected chi connectivity index (χ4v) is 1.92. The van der Waals surface area contributed by atoms with Crippen LogP contribution in [-0.2, 0) is 0 Å². The summed E-state index contributed by atoms with van der Waals surface area (Å²) in [5, 5.41) is 19.1. The summed E-state index contributed by atoms with van der Waals surface area (Å²) in [6.07, 6.45) is 3.91. The van der Waals surface area contributed by atoms with Gasteiger partial charge in [-0.2, -0.15) is 0 Å². The molecule has 1 rings (SSSR count). The van der Waals surface area contributed by atoms with Gasteiger partial charge in [0.1, 0.15) is 0 Å². The average Bonchev–Trinajstić information content (AvgIpc) is 2.09. The molecule has 0 spiro atoms. The smallest absolute Gasteiger partial charge is 0.0695 e. The molecule has 1 aliphatic carbocycles. The summed E-state index contributed by atoms with van der Waals surface area (Å²) in [6, 6.07) is 0. The Morgan fingerprint density at radius 3 is 2.33 bits per heavy atom. The van der Waals surface area contributed by atoms with E-state index in [4.69, 9.17) is 5.11 Å². The lowest BCUT2D eigenvalue weighted by atomic mass is 9.73. The van der Waals surface area contributed by atoms with Gasteiger partial charge >= 0.3 is 0 Å². The third-order valence-corrected chi connectivity index (χ3v) is 3.33. The van der Waals surface area contributed by atoms with Gasteiger partial charge in [0, 0.05) is 12.5 Å². The second-order valence-electron chi connectivity index (χ2n) is 4.37. The first-order valence-corrected chi connectivity index (χ1v) is 4.92. The van der Waals surface area contributed by atoms with Gasteiger partial charge in [-0.3, -0.25) is 0 Å². The second kappa shape index (κ2) is 3.75. The Bertz CT molecular complexity index is 137. The molecule has 1 atom stereocenters. The van der Waals surface area contributed by atoms with Crippen LogP contribution >= 0.6 is 0 Å². The van der Waals surface area contributed by atoms with Gasteiger partial charge in [0.15, 0.2) is 0 Å². The molecule has 2 heteroatoms. The molecule has 0 heterocycles. The Kier molecular flexibility index (Phi) is 3.13. The largest absolute Gasteiger partial charge is 0.396 e. The maximum atomic E-state index is 10.1. The normalized spacial score (nSPS) is 39.5. The van der Waals surface area contributed by atoms with E-state index in [-0.39, 0.29) is 12.5 Å². The van der Waals surface area contributed by atoms with Crippen LogP contribution in [0.3, 0.4) is 0 Å². The minimum atomic E-state index is -0.582. The van der Waals surface area contributed by atoms with E-state index in [1.54, 1.807) is 0 Å². The number of aliphatic hydroxyl groups excluding tert-OH is 1. The van der Waals surface area contributed by atoms with E-state index in [1.165, 1.54) is 0 Å². The molecule has 1 saturated carbocycles. The first kappa shape index (κ1) is 10.0. The zero-order valence-electron chi connectivity index (χ0n) is 8.08. The number of rotatable bonds is 2. The molecule has 12 heavy (non-hydrogen) atoms. The Morgan fingerprint density at radius 1 is 1.42 bits per heavy atom. The molecule has 0 amide bonds. The lowest BCUT2D eigenvalue weighted by molar-refractivity contribution is -0.0670. The molecular formula is C10H20O2. The van der Waals surface area contributed by atoms with Gasteiger partial charge < -0.3 is 10.2 Å². The Hall–Kier alpha value is -0.0800. The molecule has 0 aromatic heterocycles. The van der Waals surface area contributed by atoms with Gasteiger partial charge in [-0.1, -0.05) is 13.8 Å². The van der Waals surface area contributed by atoms with Crippen LogP contribution < -0.4 is 0 Å². The molecule has 0 aromatic carbocycles. The van der Waals surface area contributed by atoms with E-state index >= 15 is 0 Å². The zero-order valence-corrected chi connectivity index (χ0v) is 8.08. The number of aliphatic hydroxyl groups is 2. The quantitative estimate of drug-likeness (QED) is 0.663. The van der Waals surface area contributed by atoms with Gasteiger partial charge in [-0.05, 0) is 31.6 Å². The predicted octanol–water partition coefficient (Wildman–Crippen LogP) is 1.56. The highest BCUT2D eigenvalue weighted by atomic mass is 16.3. The van der Waals surface area contributed by atoms with E-state index in [0.29, 0.717) is 0 Å². The molecular weight excluding hydrogens is 152 g/mol. The highest BCUT2D eigenvalue weighted by molar-refractivity contribution is 4.88. The monoisotopic (exact) mass is 172 g/mol. The molecule has 0 bridgehead atoms. The lowest BCUT2D eigenvalue weighted by Gasteiger charge is -2.38.